The van der Waals surface area contributed by atoms with Crippen LogP contribution in [-0.4, -0.2) is 37.2 Å². The molecule has 0 aliphatic heterocycles. The summed E-state index contributed by atoms with van der Waals surface area (Å²) in [6.07, 6.45) is 10.0. The highest BCUT2D eigenvalue weighted by Crippen LogP contribution is 2.31. The maximum atomic E-state index is 12.2. The Bertz CT molecular complexity index is 617. The molecular formula is C16H27N3O3S. The molecule has 1 aromatic heterocycles. The summed E-state index contributed by atoms with van der Waals surface area (Å²) in [5, 5.41) is 4.38. The highest BCUT2D eigenvalue weighted by molar-refractivity contribution is 7.92. The first-order valence-corrected chi connectivity index (χ1v) is 10.3. The first kappa shape index (κ1) is 16.8. The van der Waals surface area contributed by atoms with Crippen LogP contribution in [0.2, 0.25) is 0 Å². The zero-order valence-electron chi connectivity index (χ0n) is 13.8. The fourth-order valence-electron chi connectivity index (χ4n) is 3.34. The number of ether oxygens (including phenoxy) is 1. The molecule has 0 amide bonds. The highest BCUT2D eigenvalue weighted by Gasteiger charge is 2.22. The minimum absolute atomic E-state index is 0.00618. The minimum atomic E-state index is -3.38. The second-order valence-electron chi connectivity index (χ2n) is 6.82. The van der Waals surface area contributed by atoms with Crippen LogP contribution in [0.5, 0.6) is 0 Å². The summed E-state index contributed by atoms with van der Waals surface area (Å²) in [6.45, 7) is 2.87. The number of anilines is 1. The molecule has 0 bridgehead atoms. The summed E-state index contributed by atoms with van der Waals surface area (Å²) in [6, 6.07) is 0.416. The van der Waals surface area contributed by atoms with Crippen LogP contribution in [0.4, 0.5) is 5.69 Å². The molecule has 2 saturated carbocycles. The predicted molar refractivity (Wildman–Crippen MR) is 90.0 cm³/mol. The van der Waals surface area contributed by atoms with Gasteiger partial charge in [-0.2, -0.15) is 5.10 Å². The lowest BCUT2D eigenvalue weighted by Crippen LogP contribution is -2.23. The van der Waals surface area contributed by atoms with Gasteiger partial charge in [-0.1, -0.05) is 19.3 Å². The molecule has 7 heteroatoms. The average Bonchev–Trinajstić information content (AvgIpc) is 3.07. The van der Waals surface area contributed by atoms with E-state index in [1.807, 2.05) is 11.6 Å². The van der Waals surface area contributed by atoms with E-state index in [-0.39, 0.29) is 12.4 Å². The van der Waals surface area contributed by atoms with Gasteiger partial charge in [-0.25, -0.2) is 8.42 Å². The molecule has 2 aliphatic carbocycles. The van der Waals surface area contributed by atoms with Gasteiger partial charge in [0.05, 0.1) is 36.0 Å². The van der Waals surface area contributed by atoms with Crippen LogP contribution < -0.4 is 4.72 Å². The number of nitrogens with zero attached hydrogens (tertiary/aromatic N) is 2. The first-order chi connectivity index (χ1) is 11.1. The van der Waals surface area contributed by atoms with E-state index in [4.69, 9.17) is 4.74 Å². The molecule has 130 valence electrons. The van der Waals surface area contributed by atoms with Crippen LogP contribution in [0, 0.1) is 12.8 Å². The Morgan fingerprint density at radius 3 is 2.65 bits per heavy atom. The Kier molecular flexibility index (Phi) is 5.26. The maximum Gasteiger partial charge on any atom is 0.235 e. The van der Waals surface area contributed by atoms with Crippen molar-refractivity contribution in [3.8, 4) is 0 Å². The van der Waals surface area contributed by atoms with E-state index >= 15 is 0 Å². The molecule has 1 heterocycles. The molecule has 0 saturated heterocycles. The molecule has 2 fully saturated rings. The molecule has 0 aromatic carbocycles. The molecule has 23 heavy (non-hydrogen) atoms. The Balaban J connectivity index is 1.50. The van der Waals surface area contributed by atoms with Crippen molar-refractivity contribution in [3.05, 3.63) is 11.9 Å². The standard InChI is InChI=1S/C16H27N3O3S/c1-13-16(11-17-19(13)15-7-2-3-8-15)18-23(20,21)10-9-22-12-14-5-4-6-14/h11,14-15,18H,2-10,12H2,1H3. The molecular weight excluding hydrogens is 314 g/mol. The zero-order chi connectivity index (χ0) is 16.3. The van der Waals surface area contributed by atoms with Gasteiger partial charge in [-0.3, -0.25) is 9.40 Å². The quantitative estimate of drug-likeness (QED) is 0.738. The summed E-state index contributed by atoms with van der Waals surface area (Å²) in [5.74, 6) is 0.630. The van der Waals surface area contributed by atoms with Crippen LogP contribution in [0.15, 0.2) is 6.20 Å². The van der Waals surface area contributed by atoms with E-state index < -0.39 is 10.0 Å². The van der Waals surface area contributed by atoms with Crippen LogP contribution in [-0.2, 0) is 14.8 Å². The van der Waals surface area contributed by atoms with Crippen molar-refractivity contribution in [2.24, 2.45) is 5.92 Å². The zero-order valence-corrected chi connectivity index (χ0v) is 14.6. The van der Waals surface area contributed by atoms with E-state index in [1.54, 1.807) is 6.20 Å². The highest BCUT2D eigenvalue weighted by atomic mass is 32.2. The van der Waals surface area contributed by atoms with E-state index in [0.29, 0.717) is 24.3 Å². The number of hydrogen-bond acceptors (Lipinski definition) is 4. The number of aromatic nitrogens is 2. The van der Waals surface area contributed by atoms with Gasteiger partial charge in [-0.05, 0) is 38.5 Å². The van der Waals surface area contributed by atoms with Gasteiger partial charge in [0.15, 0.2) is 0 Å². The third-order valence-electron chi connectivity index (χ3n) is 5.06. The second-order valence-corrected chi connectivity index (χ2v) is 8.66. The van der Waals surface area contributed by atoms with E-state index in [1.165, 1.54) is 32.1 Å². The monoisotopic (exact) mass is 341 g/mol. The summed E-state index contributed by atoms with van der Waals surface area (Å²) in [4.78, 5) is 0. The van der Waals surface area contributed by atoms with Gasteiger partial charge < -0.3 is 4.74 Å². The van der Waals surface area contributed by atoms with Crippen molar-refractivity contribution in [3.63, 3.8) is 0 Å². The Morgan fingerprint density at radius 1 is 1.26 bits per heavy atom. The molecule has 0 atom stereocenters. The Labute approximate surface area is 138 Å². The van der Waals surface area contributed by atoms with Crippen LogP contribution in [0.25, 0.3) is 0 Å². The molecule has 3 rings (SSSR count). The summed E-state index contributed by atoms with van der Waals surface area (Å²) in [5.41, 5.74) is 1.49. The van der Waals surface area contributed by atoms with Gasteiger partial charge in [0.2, 0.25) is 10.0 Å². The molecule has 0 unspecified atom stereocenters. The fourth-order valence-corrected chi connectivity index (χ4v) is 4.31. The Hall–Kier alpha value is -1.08. The minimum Gasteiger partial charge on any atom is -0.380 e. The Morgan fingerprint density at radius 2 is 2.00 bits per heavy atom. The van der Waals surface area contributed by atoms with Crippen LogP contribution in [0.3, 0.4) is 0 Å². The summed E-state index contributed by atoms with van der Waals surface area (Å²) >= 11 is 0. The lowest BCUT2D eigenvalue weighted by Gasteiger charge is -2.24. The molecule has 2 aliphatic rings. The van der Waals surface area contributed by atoms with Crippen LogP contribution >= 0.6 is 0 Å². The van der Waals surface area contributed by atoms with Crippen molar-refractivity contribution in [1.29, 1.82) is 0 Å². The van der Waals surface area contributed by atoms with Crippen molar-refractivity contribution in [1.82, 2.24) is 9.78 Å². The lowest BCUT2D eigenvalue weighted by atomic mass is 9.86. The number of nitrogens with one attached hydrogen (secondary N) is 1. The predicted octanol–water partition coefficient (Wildman–Crippen LogP) is 2.87. The fraction of sp³-hybridized carbons (Fsp3) is 0.812. The number of sulfonamides is 1. The van der Waals surface area contributed by atoms with Crippen molar-refractivity contribution in [2.75, 3.05) is 23.7 Å². The summed E-state index contributed by atoms with van der Waals surface area (Å²) in [7, 11) is -3.38. The molecule has 0 radical (unpaired) electrons. The average molecular weight is 341 g/mol. The van der Waals surface area contributed by atoms with Gasteiger partial charge in [0.25, 0.3) is 0 Å². The third-order valence-corrected chi connectivity index (χ3v) is 6.29. The molecule has 6 nitrogen and oxygen atoms in total. The molecule has 0 spiro atoms. The van der Waals surface area contributed by atoms with Crippen molar-refractivity contribution >= 4 is 15.7 Å². The molecule has 1 aromatic rings. The summed E-state index contributed by atoms with van der Waals surface area (Å²) < 4.78 is 34.5. The van der Waals surface area contributed by atoms with Crippen molar-refractivity contribution < 1.29 is 13.2 Å². The van der Waals surface area contributed by atoms with Gasteiger partial charge in [0, 0.05) is 6.61 Å². The maximum absolute atomic E-state index is 12.2. The van der Waals surface area contributed by atoms with Gasteiger partial charge in [-0.15, -0.1) is 0 Å². The molecule has 1 N–H and O–H groups in total. The smallest absolute Gasteiger partial charge is 0.235 e. The van der Waals surface area contributed by atoms with Gasteiger partial charge in [0.1, 0.15) is 0 Å². The van der Waals surface area contributed by atoms with Gasteiger partial charge >= 0.3 is 0 Å². The largest absolute Gasteiger partial charge is 0.380 e. The second kappa shape index (κ2) is 7.21. The number of rotatable bonds is 8. The number of hydrogen-bond donors (Lipinski definition) is 1. The third kappa shape index (κ3) is 4.26. The van der Waals surface area contributed by atoms with E-state index in [9.17, 15) is 8.42 Å². The topological polar surface area (TPSA) is 73.2 Å². The normalized spacial score (nSPS) is 19.9. The van der Waals surface area contributed by atoms with E-state index in [2.05, 4.69) is 9.82 Å². The van der Waals surface area contributed by atoms with Crippen LogP contribution in [0.1, 0.15) is 56.7 Å². The first-order valence-electron chi connectivity index (χ1n) is 8.67. The van der Waals surface area contributed by atoms with Crippen molar-refractivity contribution in [2.45, 2.75) is 57.9 Å². The lowest BCUT2D eigenvalue weighted by molar-refractivity contribution is 0.0800. The van der Waals surface area contributed by atoms with E-state index in [0.717, 1.165) is 18.5 Å². The SMILES string of the molecule is Cc1c(NS(=O)(=O)CCOCC2CCC2)cnn1C1CCCC1.